The molecule has 0 radical (unpaired) electrons. The van der Waals surface area contributed by atoms with Gasteiger partial charge in [0.1, 0.15) is 5.75 Å². The quantitative estimate of drug-likeness (QED) is 0.227. The Morgan fingerprint density at radius 1 is 1.00 bits per heavy atom. The minimum Gasteiger partial charge on any atom is -0.495 e. The van der Waals surface area contributed by atoms with Crippen molar-refractivity contribution in [3.63, 3.8) is 0 Å². The van der Waals surface area contributed by atoms with Gasteiger partial charge in [0.2, 0.25) is 5.91 Å². The van der Waals surface area contributed by atoms with Gasteiger partial charge in [0.15, 0.2) is 5.11 Å². The third-order valence-electron chi connectivity index (χ3n) is 6.81. The lowest BCUT2D eigenvalue weighted by Crippen LogP contribution is -2.33. The number of ether oxygens (including phenoxy) is 2. The van der Waals surface area contributed by atoms with Crippen LogP contribution in [0.25, 0.3) is 5.69 Å². The van der Waals surface area contributed by atoms with E-state index in [-0.39, 0.29) is 24.4 Å². The molecule has 40 heavy (non-hydrogen) atoms. The lowest BCUT2D eigenvalue weighted by molar-refractivity contribution is -0.116. The molecule has 1 amide bonds. The van der Waals surface area contributed by atoms with Crippen LogP contribution < -0.4 is 15.4 Å². The summed E-state index contributed by atoms with van der Waals surface area (Å²) in [6.07, 6.45) is 3.83. The number of carbonyl (C=O) groups is 2. The van der Waals surface area contributed by atoms with Gasteiger partial charge in [-0.2, -0.15) is 0 Å². The third kappa shape index (κ3) is 5.39. The molecule has 1 saturated heterocycles. The summed E-state index contributed by atoms with van der Waals surface area (Å²) in [6.45, 7) is 0.352. The molecular weight excluding hydrogens is 526 g/mol. The van der Waals surface area contributed by atoms with Gasteiger partial charge in [-0.15, -0.1) is 0 Å². The summed E-state index contributed by atoms with van der Waals surface area (Å²) in [7, 11) is 2.93. The van der Waals surface area contributed by atoms with Crippen LogP contribution in [0.15, 0.2) is 91.3 Å². The van der Waals surface area contributed by atoms with E-state index in [1.807, 2.05) is 70.3 Å². The fraction of sp³-hybridized carbons (Fsp3) is 0.200. The summed E-state index contributed by atoms with van der Waals surface area (Å²) in [5, 5.41) is 6.86. The molecule has 2 aromatic carbocycles. The third-order valence-corrected chi connectivity index (χ3v) is 7.16. The average Bonchev–Trinajstić information content (AvgIpc) is 3.60. The molecule has 0 spiro atoms. The van der Waals surface area contributed by atoms with Gasteiger partial charge in [-0.3, -0.25) is 9.78 Å². The molecule has 4 aromatic rings. The fourth-order valence-electron chi connectivity index (χ4n) is 4.97. The maximum absolute atomic E-state index is 13.0. The van der Waals surface area contributed by atoms with Crippen molar-refractivity contribution < 1.29 is 19.1 Å². The zero-order chi connectivity index (χ0) is 28.1. The van der Waals surface area contributed by atoms with Crippen LogP contribution in [-0.2, 0) is 9.53 Å². The molecule has 1 aliphatic rings. The van der Waals surface area contributed by atoms with Gasteiger partial charge in [0, 0.05) is 31.1 Å². The van der Waals surface area contributed by atoms with Crippen molar-refractivity contribution in [1.82, 2.24) is 19.8 Å². The van der Waals surface area contributed by atoms with Gasteiger partial charge in [0.25, 0.3) is 0 Å². The second-order valence-electron chi connectivity index (χ2n) is 9.13. The van der Waals surface area contributed by atoms with Crippen molar-refractivity contribution in [3.05, 3.63) is 108 Å². The van der Waals surface area contributed by atoms with Crippen LogP contribution in [0, 0.1) is 0 Å². The Morgan fingerprint density at radius 2 is 1.77 bits per heavy atom. The number of nitrogens with one attached hydrogen (secondary N) is 2. The number of nitrogens with zero attached hydrogens (tertiary/aromatic N) is 3. The van der Waals surface area contributed by atoms with Crippen LogP contribution in [0.3, 0.4) is 0 Å². The minimum absolute atomic E-state index is 0.168. The Kier molecular flexibility index (Phi) is 8.07. The topological polar surface area (TPSA) is 97.7 Å². The highest BCUT2D eigenvalue weighted by molar-refractivity contribution is 7.80. The SMILES string of the molecule is COC(=O)c1ccccc1-n1cccc1[C@@H]1[C@H](c2ccccn2)NC(=S)N1CCC(=O)Nc1ccccc1OC. The van der Waals surface area contributed by atoms with E-state index < -0.39 is 5.97 Å². The molecule has 9 nitrogen and oxygen atoms in total. The maximum atomic E-state index is 13.0. The van der Waals surface area contributed by atoms with E-state index in [4.69, 9.17) is 21.7 Å². The Hall–Kier alpha value is -4.70. The number of aromatic nitrogens is 2. The Balaban J connectivity index is 1.48. The second kappa shape index (κ2) is 12.0. The van der Waals surface area contributed by atoms with Crippen LogP contribution in [0.4, 0.5) is 5.69 Å². The van der Waals surface area contributed by atoms with Crippen LogP contribution in [-0.4, -0.2) is 52.2 Å². The van der Waals surface area contributed by atoms with Gasteiger partial charge in [-0.1, -0.05) is 30.3 Å². The zero-order valence-corrected chi connectivity index (χ0v) is 22.9. The maximum Gasteiger partial charge on any atom is 0.339 e. The minimum atomic E-state index is -0.429. The molecule has 1 fully saturated rings. The van der Waals surface area contributed by atoms with E-state index in [1.165, 1.54) is 7.11 Å². The number of anilines is 1. The molecule has 2 atom stereocenters. The van der Waals surface area contributed by atoms with E-state index in [0.717, 1.165) is 11.4 Å². The predicted molar refractivity (Wildman–Crippen MR) is 156 cm³/mol. The lowest BCUT2D eigenvalue weighted by atomic mass is 10.0. The summed E-state index contributed by atoms with van der Waals surface area (Å²) in [5.41, 5.74) is 3.41. The molecule has 2 aromatic heterocycles. The Bertz CT molecular complexity index is 1520. The van der Waals surface area contributed by atoms with Crippen molar-refractivity contribution in [3.8, 4) is 11.4 Å². The number of esters is 1. The van der Waals surface area contributed by atoms with Crippen LogP contribution in [0.2, 0.25) is 0 Å². The predicted octanol–water partition coefficient (Wildman–Crippen LogP) is 4.67. The number of rotatable bonds is 9. The molecule has 3 heterocycles. The number of thiocarbonyl (C=S) groups is 1. The highest BCUT2D eigenvalue weighted by Gasteiger charge is 2.41. The molecule has 0 unspecified atom stereocenters. The van der Waals surface area contributed by atoms with Gasteiger partial charge in [-0.25, -0.2) is 4.79 Å². The van der Waals surface area contributed by atoms with E-state index in [2.05, 4.69) is 15.6 Å². The van der Waals surface area contributed by atoms with Crippen LogP contribution >= 0.6 is 12.2 Å². The van der Waals surface area contributed by atoms with E-state index in [0.29, 0.717) is 34.3 Å². The number of hydrogen-bond donors (Lipinski definition) is 2. The number of amides is 1. The highest BCUT2D eigenvalue weighted by Crippen LogP contribution is 2.40. The van der Waals surface area contributed by atoms with Gasteiger partial charge in [0.05, 0.1) is 48.9 Å². The average molecular weight is 556 g/mol. The summed E-state index contributed by atoms with van der Waals surface area (Å²) >= 11 is 5.79. The number of hydrogen-bond acceptors (Lipinski definition) is 6. The molecule has 2 N–H and O–H groups in total. The monoisotopic (exact) mass is 555 g/mol. The summed E-state index contributed by atoms with van der Waals surface area (Å²) in [4.78, 5) is 32.2. The number of para-hydroxylation sites is 3. The molecule has 0 aliphatic carbocycles. The highest BCUT2D eigenvalue weighted by atomic mass is 32.1. The van der Waals surface area contributed by atoms with Crippen LogP contribution in [0.5, 0.6) is 5.75 Å². The molecule has 0 bridgehead atoms. The second-order valence-corrected chi connectivity index (χ2v) is 9.52. The van der Waals surface area contributed by atoms with Crippen molar-refractivity contribution in [2.45, 2.75) is 18.5 Å². The first-order valence-electron chi connectivity index (χ1n) is 12.8. The van der Waals surface area contributed by atoms with E-state index in [9.17, 15) is 9.59 Å². The largest absolute Gasteiger partial charge is 0.495 e. The van der Waals surface area contributed by atoms with Gasteiger partial charge in [-0.05, 0) is 60.7 Å². The number of pyridine rings is 1. The van der Waals surface area contributed by atoms with E-state index >= 15 is 0 Å². The van der Waals surface area contributed by atoms with Crippen LogP contribution in [0.1, 0.15) is 40.3 Å². The first kappa shape index (κ1) is 26.9. The standard InChI is InChI=1S/C30H29N5O4S/c1-38-25-15-6-4-11-21(25)32-26(36)16-19-35-28(27(33-30(35)40)22-12-7-8-17-31-22)24-14-9-18-34(24)23-13-5-3-10-20(23)29(37)39-2/h3-15,17-18,27-28H,16,19H2,1-2H3,(H,32,36)(H,33,40)/t27-,28+/m0/s1. The molecule has 1 aliphatic heterocycles. The normalized spacial score (nSPS) is 16.4. The van der Waals surface area contributed by atoms with Gasteiger partial charge < -0.3 is 29.6 Å². The van der Waals surface area contributed by atoms with Crippen molar-refractivity contribution in [2.75, 3.05) is 26.1 Å². The summed E-state index contributed by atoms with van der Waals surface area (Å²) in [6, 6.07) is 23.6. The fourth-order valence-corrected chi connectivity index (χ4v) is 5.30. The molecule has 204 valence electrons. The first-order chi connectivity index (χ1) is 19.5. The summed E-state index contributed by atoms with van der Waals surface area (Å²) < 4.78 is 12.4. The first-order valence-corrected chi connectivity index (χ1v) is 13.2. The molecular formula is C30H29N5O4S. The Morgan fingerprint density at radius 3 is 2.55 bits per heavy atom. The van der Waals surface area contributed by atoms with Crippen molar-refractivity contribution >= 4 is 34.9 Å². The molecule has 0 saturated carbocycles. The van der Waals surface area contributed by atoms with Gasteiger partial charge >= 0.3 is 5.97 Å². The lowest BCUT2D eigenvalue weighted by Gasteiger charge is -2.29. The molecule has 5 rings (SSSR count). The van der Waals surface area contributed by atoms with Crippen molar-refractivity contribution in [1.29, 1.82) is 0 Å². The number of methoxy groups -OCH3 is 2. The van der Waals surface area contributed by atoms with Crippen molar-refractivity contribution in [2.24, 2.45) is 0 Å². The number of benzene rings is 2. The zero-order valence-electron chi connectivity index (χ0n) is 22.1. The number of carbonyl (C=O) groups excluding carboxylic acids is 2. The molecule has 10 heteroatoms. The van der Waals surface area contributed by atoms with E-state index in [1.54, 1.807) is 37.6 Å². The smallest absolute Gasteiger partial charge is 0.339 e. The summed E-state index contributed by atoms with van der Waals surface area (Å²) in [5.74, 6) is -0.00961. The Labute approximate surface area is 237 Å².